The van der Waals surface area contributed by atoms with Crippen molar-refractivity contribution in [2.75, 3.05) is 13.1 Å². The number of fused-ring (bicyclic) bond motifs is 1. The largest absolute Gasteiger partial charge is 0.464 e. The van der Waals surface area contributed by atoms with Crippen LogP contribution in [0.3, 0.4) is 0 Å². The second-order valence-electron chi connectivity index (χ2n) is 6.77. The minimum atomic E-state index is 0.628. The van der Waals surface area contributed by atoms with E-state index in [2.05, 4.69) is 66.4 Å². The molecule has 0 amide bonds. The molecule has 1 aliphatic heterocycles. The number of piperidine rings is 1. The Labute approximate surface area is 137 Å². The van der Waals surface area contributed by atoms with E-state index in [0.717, 1.165) is 25.2 Å². The molecule has 1 fully saturated rings. The average Bonchev–Trinajstić information content (AvgIpc) is 3.05. The van der Waals surface area contributed by atoms with Crippen molar-refractivity contribution in [3.05, 3.63) is 72.0 Å². The average molecular weight is 305 g/mol. The highest BCUT2D eigenvalue weighted by Crippen LogP contribution is 2.37. The number of benzene rings is 2. The minimum absolute atomic E-state index is 0.628. The van der Waals surface area contributed by atoms with Crippen molar-refractivity contribution in [3.8, 4) is 0 Å². The van der Waals surface area contributed by atoms with Gasteiger partial charge in [-0.05, 0) is 48.1 Å². The SMILES string of the molecule is CC1CN(Cc2ccccc2)CCC1c1cccc2occc12. The van der Waals surface area contributed by atoms with Crippen molar-refractivity contribution >= 4 is 11.0 Å². The molecule has 23 heavy (non-hydrogen) atoms. The number of hydrogen-bond donors (Lipinski definition) is 0. The van der Waals surface area contributed by atoms with Gasteiger partial charge in [0, 0.05) is 18.5 Å². The van der Waals surface area contributed by atoms with Crippen LogP contribution in [0.5, 0.6) is 0 Å². The lowest BCUT2D eigenvalue weighted by atomic mass is 9.80. The van der Waals surface area contributed by atoms with Gasteiger partial charge >= 0.3 is 0 Å². The Kier molecular flexibility index (Phi) is 3.92. The summed E-state index contributed by atoms with van der Waals surface area (Å²) >= 11 is 0. The van der Waals surface area contributed by atoms with Crippen molar-refractivity contribution in [1.29, 1.82) is 0 Å². The lowest BCUT2D eigenvalue weighted by Gasteiger charge is -2.37. The molecule has 2 heterocycles. The van der Waals surface area contributed by atoms with Crippen LogP contribution in [0.4, 0.5) is 0 Å². The summed E-state index contributed by atoms with van der Waals surface area (Å²) in [6, 6.07) is 19.4. The maximum atomic E-state index is 5.57. The molecule has 2 nitrogen and oxygen atoms in total. The Bertz CT molecular complexity index is 777. The van der Waals surface area contributed by atoms with Crippen LogP contribution in [0.25, 0.3) is 11.0 Å². The molecule has 2 atom stereocenters. The van der Waals surface area contributed by atoms with Gasteiger partial charge < -0.3 is 4.42 Å². The second-order valence-corrected chi connectivity index (χ2v) is 6.77. The maximum absolute atomic E-state index is 5.57. The summed E-state index contributed by atoms with van der Waals surface area (Å²) in [7, 11) is 0. The zero-order chi connectivity index (χ0) is 15.6. The van der Waals surface area contributed by atoms with Crippen molar-refractivity contribution < 1.29 is 4.42 Å². The third-order valence-corrected chi connectivity index (χ3v) is 5.17. The summed E-state index contributed by atoms with van der Waals surface area (Å²) in [6.45, 7) is 5.78. The second kappa shape index (κ2) is 6.21. The molecule has 0 saturated carbocycles. The Hall–Kier alpha value is -2.06. The van der Waals surface area contributed by atoms with E-state index in [0.29, 0.717) is 11.8 Å². The summed E-state index contributed by atoms with van der Waals surface area (Å²) in [5.41, 5.74) is 3.89. The van der Waals surface area contributed by atoms with Crippen LogP contribution in [0.2, 0.25) is 0 Å². The molecule has 0 radical (unpaired) electrons. The van der Waals surface area contributed by atoms with Crippen molar-refractivity contribution in [3.63, 3.8) is 0 Å². The lowest BCUT2D eigenvalue weighted by molar-refractivity contribution is 0.156. The van der Waals surface area contributed by atoms with Crippen LogP contribution in [0, 0.1) is 5.92 Å². The highest BCUT2D eigenvalue weighted by molar-refractivity contribution is 5.81. The highest BCUT2D eigenvalue weighted by Gasteiger charge is 2.28. The first-order valence-corrected chi connectivity index (χ1v) is 8.53. The van der Waals surface area contributed by atoms with Gasteiger partial charge in [-0.15, -0.1) is 0 Å². The van der Waals surface area contributed by atoms with Gasteiger partial charge in [0.05, 0.1) is 6.26 Å². The van der Waals surface area contributed by atoms with Crippen LogP contribution in [0.15, 0.2) is 65.3 Å². The van der Waals surface area contributed by atoms with E-state index < -0.39 is 0 Å². The molecular formula is C21H23NO. The highest BCUT2D eigenvalue weighted by atomic mass is 16.3. The molecule has 0 spiro atoms. The Balaban J connectivity index is 1.50. The van der Waals surface area contributed by atoms with E-state index in [9.17, 15) is 0 Å². The van der Waals surface area contributed by atoms with E-state index in [1.165, 1.54) is 22.9 Å². The molecule has 2 aromatic carbocycles. The van der Waals surface area contributed by atoms with Gasteiger partial charge in [0.1, 0.15) is 5.58 Å². The Morgan fingerprint density at radius 3 is 2.74 bits per heavy atom. The zero-order valence-electron chi connectivity index (χ0n) is 13.6. The molecule has 1 aromatic heterocycles. The topological polar surface area (TPSA) is 16.4 Å². The van der Waals surface area contributed by atoms with Crippen molar-refractivity contribution in [2.24, 2.45) is 5.92 Å². The standard InChI is InChI=1S/C21H23NO/c1-16-14-22(15-17-6-3-2-4-7-17)12-10-18(16)19-8-5-9-21-20(19)11-13-23-21/h2-9,11,13,16,18H,10,12,14-15H2,1H3. The van der Waals surface area contributed by atoms with Crippen LogP contribution in [-0.2, 0) is 6.54 Å². The van der Waals surface area contributed by atoms with Gasteiger partial charge in [-0.25, -0.2) is 0 Å². The van der Waals surface area contributed by atoms with E-state index in [1.807, 2.05) is 6.26 Å². The van der Waals surface area contributed by atoms with E-state index in [-0.39, 0.29) is 0 Å². The smallest absolute Gasteiger partial charge is 0.134 e. The number of furan rings is 1. The minimum Gasteiger partial charge on any atom is -0.464 e. The molecule has 4 rings (SSSR count). The van der Waals surface area contributed by atoms with E-state index in [1.54, 1.807) is 0 Å². The maximum Gasteiger partial charge on any atom is 0.134 e. The first-order chi connectivity index (χ1) is 11.3. The number of rotatable bonds is 3. The van der Waals surface area contributed by atoms with Gasteiger partial charge in [-0.2, -0.15) is 0 Å². The lowest BCUT2D eigenvalue weighted by Crippen LogP contribution is -2.37. The molecule has 2 heteroatoms. The number of nitrogens with zero attached hydrogens (tertiary/aromatic N) is 1. The van der Waals surface area contributed by atoms with Crippen molar-refractivity contribution in [1.82, 2.24) is 4.90 Å². The third-order valence-electron chi connectivity index (χ3n) is 5.17. The summed E-state index contributed by atoms with van der Waals surface area (Å²) in [5.74, 6) is 1.29. The molecule has 1 saturated heterocycles. The van der Waals surface area contributed by atoms with Crippen LogP contribution in [0.1, 0.15) is 30.4 Å². The van der Waals surface area contributed by atoms with Gasteiger partial charge in [-0.3, -0.25) is 4.90 Å². The number of likely N-dealkylation sites (tertiary alicyclic amines) is 1. The Morgan fingerprint density at radius 1 is 1.04 bits per heavy atom. The summed E-state index contributed by atoms with van der Waals surface area (Å²) in [5, 5.41) is 1.29. The van der Waals surface area contributed by atoms with Crippen molar-refractivity contribution in [2.45, 2.75) is 25.8 Å². The van der Waals surface area contributed by atoms with Gasteiger partial charge in [0.25, 0.3) is 0 Å². The first kappa shape index (κ1) is 14.5. The summed E-state index contributed by atoms with van der Waals surface area (Å²) < 4.78 is 5.57. The predicted octanol–water partition coefficient (Wildman–Crippen LogP) is 5.06. The summed E-state index contributed by atoms with van der Waals surface area (Å²) in [6.07, 6.45) is 3.03. The molecule has 0 bridgehead atoms. The van der Waals surface area contributed by atoms with Gasteiger partial charge in [-0.1, -0.05) is 49.4 Å². The molecule has 2 unspecified atom stereocenters. The fourth-order valence-electron chi connectivity index (χ4n) is 4.02. The number of hydrogen-bond acceptors (Lipinski definition) is 2. The fraction of sp³-hybridized carbons (Fsp3) is 0.333. The van der Waals surface area contributed by atoms with E-state index >= 15 is 0 Å². The van der Waals surface area contributed by atoms with Gasteiger partial charge in [0.15, 0.2) is 0 Å². The predicted molar refractivity (Wildman–Crippen MR) is 94.5 cm³/mol. The molecule has 3 aromatic rings. The normalized spacial score (nSPS) is 22.5. The molecule has 118 valence electrons. The quantitative estimate of drug-likeness (QED) is 0.672. The Morgan fingerprint density at radius 2 is 1.91 bits per heavy atom. The fourth-order valence-corrected chi connectivity index (χ4v) is 4.02. The van der Waals surface area contributed by atoms with Crippen LogP contribution in [-0.4, -0.2) is 18.0 Å². The molecular weight excluding hydrogens is 282 g/mol. The monoisotopic (exact) mass is 305 g/mol. The molecule has 1 aliphatic rings. The molecule has 0 N–H and O–H groups in total. The van der Waals surface area contributed by atoms with E-state index in [4.69, 9.17) is 4.42 Å². The van der Waals surface area contributed by atoms with Gasteiger partial charge in [0.2, 0.25) is 0 Å². The van der Waals surface area contributed by atoms with Crippen LogP contribution < -0.4 is 0 Å². The first-order valence-electron chi connectivity index (χ1n) is 8.53. The van der Waals surface area contributed by atoms with Crippen LogP contribution >= 0.6 is 0 Å². The molecule has 0 aliphatic carbocycles. The third kappa shape index (κ3) is 2.91. The summed E-state index contributed by atoms with van der Waals surface area (Å²) in [4.78, 5) is 2.59. The zero-order valence-corrected chi connectivity index (χ0v) is 13.6.